The van der Waals surface area contributed by atoms with Crippen molar-refractivity contribution in [1.82, 2.24) is 0 Å². The summed E-state index contributed by atoms with van der Waals surface area (Å²) < 4.78 is -1.11. The molecule has 1 aliphatic rings. The Bertz CT molecular complexity index is 1800. The van der Waals surface area contributed by atoms with E-state index in [1.807, 2.05) is 12.1 Å². The number of rotatable bonds is 7. The molecule has 0 amide bonds. The lowest BCUT2D eigenvalue weighted by atomic mass is 9.93. The lowest BCUT2D eigenvalue weighted by molar-refractivity contribution is 0.884. The quantitative estimate of drug-likeness (QED) is 0.168. The van der Waals surface area contributed by atoms with E-state index in [4.69, 9.17) is 23.2 Å². The molecule has 220 valence electrons. The molecule has 5 aromatic rings. The number of allylic oxidation sites excluding steroid dienone is 4. The summed E-state index contributed by atoms with van der Waals surface area (Å²) in [7, 11) is 0. The summed E-state index contributed by atoms with van der Waals surface area (Å²) >= 11 is 14.4. The third kappa shape index (κ3) is 6.33. The van der Waals surface area contributed by atoms with Crippen molar-refractivity contribution in [1.29, 1.82) is 0 Å². The molecule has 0 radical (unpaired) electrons. The van der Waals surface area contributed by atoms with Gasteiger partial charge >= 0.3 is 0 Å². The minimum absolute atomic E-state index is 0.463. The van der Waals surface area contributed by atoms with Crippen molar-refractivity contribution in [2.75, 3.05) is 9.80 Å². The predicted molar refractivity (Wildman–Crippen MR) is 190 cm³/mol. The molecule has 0 bridgehead atoms. The molecule has 0 N–H and O–H groups in total. The Labute approximate surface area is 271 Å². The molecule has 1 aliphatic carbocycles. The van der Waals surface area contributed by atoms with Crippen LogP contribution in [0.15, 0.2) is 139 Å². The first-order valence-electron chi connectivity index (χ1n) is 14.9. The van der Waals surface area contributed by atoms with E-state index in [1.54, 1.807) is 0 Å². The lowest BCUT2D eigenvalue weighted by Crippen LogP contribution is -2.27. The summed E-state index contributed by atoms with van der Waals surface area (Å²) in [6.07, 6.45) is 4.69. The number of halogens is 2. The van der Waals surface area contributed by atoms with Gasteiger partial charge in [-0.3, -0.25) is 0 Å². The molecule has 0 saturated heterocycles. The van der Waals surface area contributed by atoms with Crippen molar-refractivity contribution in [2.24, 2.45) is 0 Å². The maximum Gasteiger partial charge on any atom is 0.149 e. The third-order valence-corrected chi connectivity index (χ3v) is 8.60. The normalized spacial score (nSPS) is 14.0. The number of aryl methyl sites for hydroxylation is 4. The van der Waals surface area contributed by atoms with Crippen LogP contribution in [0, 0.1) is 27.7 Å². The second-order valence-electron chi connectivity index (χ2n) is 11.7. The van der Waals surface area contributed by atoms with Crippen LogP contribution in [0.3, 0.4) is 0 Å². The van der Waals surface area contributed by atoms with Crippen LogP contribution in [-0.2, 0) is 0 Å². The molecule has 0 aliphatic heterocycles. The molecule has 0 unspecified atom stereocenters. The van der Waals surface area contributed by atoms with E-state index in [2.05, 4.69) is 159 Å². The number of hydrogen-bond acceptors (Lipinski definition) is 2. The summed E-state index contributed by atoms with van der Waals surface area (Å²) in [4.78, 5) is 4.55. The van der Waals surface area contributed by atoms with Gasteiger partial charge in [0.25, 0.3) is 0 Å². The van der Waals surface area contributed by atoms with Gasteiger partial charge < -0.3 is 9.80 Å². The molecular weight excluding hydrogens is 579 g/mol. The number of nitrogens with zero attached hydrogens (tertiary/aromatic N) is 2. The Hall–Kier alpha value is -4.24. The van der Waals surface area contributed by atoms with Gasteiger partial charge in [0, 0.05) is 40.6 Å². The third-order valence-electron chi connectivity index (χ3n) is 7.92. The minimum atomic E-state index is -1.11. The second-order valence-corrected chi connectivity index (χ2v) is 13.2. The lowest BCUT2D eigenvalue weighted by Gasteiger charge is -2.35. The Balaban J connectivity index is 1.38. The van der Waals surface area contributed by atoms with Crippen molar-refractivity contribution in [2.45, 2.75) is 38.4 Å². The van der Waals surface area contributed by atoms with Crippen molar-refractivity contribution in [3.05, 3.63) is 167 Å². The zero-order chi connectivity index (χ0) is 30.8. The van der Waals surface area contributed by atoms with Gasteiger partial charge in [0.15, 0.2) is 0 Å². The van der Waals surface area contributed by atoms with E-state index < -0.39 is 4.33 Å². The minimum Gasteiger partial charge on any atom is -0.314 e. The summed E-state index contributed by atoms with van der Waals surface area (Å²) in [5.74, 6) is 0. The van der Waals surface area contributed by atoms with Crippen LogP contribution >= 0.6 is 23.2 Å². The highest BCUT2D eigenvalue weighted by Gasteiger charge is 2.36. The molecule has 0 atom stereocenters. The average molecular weight is 616 g/mol. The number of benzene rings is 5. The highest BCUT2D eigenvalue weighted by Crippen LogP contribution is 2.48. The fraction of sp³-hybridized carbons (Fsp3) is 0.150. The smallest absolute Gasteiger partial charge is 0.149 e. The van der Waals surface area contributed by atoms with Crippen LogP contribution in [0.4, 0.5) is 28.4 Å². The zero-order valence-corrected chi connectivity index (χ0v) is 27.1. The van der Waals surface area contributed by atoms with Gasteiger partial charge in [-0.2, -0.15) is 0 Å². The van der Waals surface area contributed by atoms with Gasteiger partial charge in [0.1, 0.15) is 4.33 Å². The number of hydrogen-bond donors (Lipinski definition) is 0. The summed E-state index contributed by atoms with van der Waals surface area (Å²) in [6, 6.07) is 42.6. The van der Waals surface area contributed by atoms with E-state index in [1.165, 1.54) is 22.3 Å². The molecule has 0 saturated carbocycles. The van der Waals surface area contributed by atoms with E-state index in [0.717, 1.165) is 45.3 Å². The van der Waals surface area contributed by atoms with E-state index in [0.29, 0.717) is 6.42 Å². The predicted octanol–water partition coefficient (Wildman–Crippen LogP) is 12.1. The van der Waals surface area contributed by atoms with Crippen molar-refractivity contribution in [3.63, 3.8) is 0 Å². The van der Waals surface area contributed by atoms with Crippen molar-refractivity contribution >= 4 is 57.2 Å². The molecule has 2 nitrogen and oxygen atoms in total. The molecule has 0 heterocycles. The molecular formula is C40H36Cl2N2. The Morgan fingerprint density at radius 1 is 0.477 bits per heavy atom. The second kappa shape index (κ2) is 12.4. The van der Waals surface area contributed by atoms with E-state index in [9.17, 15) is 0 Å². The molecule has 0 aromatic heterocycles. The van der Waals surface area contributed by atoms with Crippen LogP contribution in [0.1, 0.15) is 34.2 Å². The number of alkyl halides is 2. The van der Waals surface area contributed by atoms with Crippen LogP contribution < -0.4 is 9.80 Å². The van der Waals surface area contributed by atoms with Crippen LogP contribution in [0.25, 0.3) is 5.57 Å². The first-order valence-corrected chi connectivity index (χ1v) is 15.7. The van der Waals surface area contributed by atoms with Gasteiger partial charge in [-0.25, -0.2) is 0 Å². The van der Waals surface area contributed by atoms with Gasteiger partial charge in [-0.1, -0.05) is 89.9 Å². The Kier molecular flexibility index (Phi) is 8.40. The van der Waals surface area contributed by atoms with Gasteiger partial charge in [0.05, 0.1) is 0 Å². The van der Waals surface area contributed by atoms with E-state index in [-0.39, 0.29) is 0 Å². The number of anilines is 5. The SMILES string of the molecule is Cc1cc(C)cc(N(C2=CC=C(c3ccc(N(c4ccccc4)c4cc(C)cc(C)c4)cc3)C(Cl)(Cl)C2)c2ccccc2)c1. The van der Waals surface area contributed by atoms with Crippen molar-refractivity contribution < 1.29 is 0 Å². The first kappa shape index (κ1) is 29.8. The Morgan fingerprint density at radius 2 is 0.909 bits per heavy atom. The monoisotopic (exact) mass is 614 g/mol. The Morgan fingerprint density at radius 3 is 1.39 bits per heavy atom. The molecule has 4 heteroatoms. The largest absolute Gasteiger partial charge is 0.314 e. The molecule has 44 heavy (non-hydrogen) atoms. The summed E-state index contributed by atoms with van der Waals surface area (Å²) in [6.45, 7) is 8.53. The topological polar surface area (TPSA) is 6.48 Å². The molecule has 0 spiro atoms. The van der Waals surface area contributed by atoms with Gasteiger partial charge in [0.2, 0.25) is 0 Å². The highest BCUT2D eigenvalue weighted by atomic mass is 35.5. The standard InChI is InChI=1S/C40H36Cl2N2/c1-28-21-29(2)24-37(23-28)43(33-11-7-5-8-12-33)35-17-15-32(16-18-35)39-20-19-36(27-40(39,41)42)44(34-13-9-6-10-14-34)38-25-30(3)22-31(4)26-38/h5-26H,27H2,1-4H3. The summed E-state index contributed by atoms with van der Waals surface area (Å²) in [5.41, 5.74) is 13.3. The first-order chi connectivity index (χ1) is 21.2. The fourth-order valence-corrected chi connectivity index (χ4v) is 6.79. The summed E-state index contributed by atoms with van der Waals surface area (Å²) in [5, 5.41) is 0. The number of para-hydroxylation sites is 2. The van der Waals surface area contributed by atoms with Gasteiger partial charge in [-0.05, 0) is 128 Å². The highest BCUT2D eigenvalue weighted by molar-refractivity contribution is 6.54. The fourth-order valence-electron chi connectivity index (χ4n) is 6.18. The molecule has 5 aromatic carbocycles. The van der Waals surface area contributed by atoms with E-state index >= 15 is 0 Å². The zero-order valence-electron chi connectivity index (χ0n) is 25.6. The van der Waals surface area contributed by atoms with Crippen LogP contribution in [0.2, 0.25) is 0 Å². The average Bonchev–Trinajstić information content (AvgIpc) is 2.98. The molecule has 6 rings (SSSR count). The van der Waals surface area contributed by atoms with Gasteiger partial charge in [-0.15, -0.1) is 0 Å². The van der Waals surface area contributed by atoms with Crippen LogP contribution in [0.5, 0.6) is 0 Å². The van der Waals surface area contributed by atoms with Crippen LogP contribution in [-0.4, -0.2) is 4.33 Å². The molecule has 0 fully saturated rings. The van der Waals surface area contributed by atoms with Crippen molar-refractivity contribution in [3.8, 4) is 0 Å². The maximum absolute atomic E-state index is 7.20. The maximum atomic E-state index is 7.20.